The van der Waals surface area contributed by atoms with Crippen molar-refractivity contribution in [3.63, 3.8) is 0 Å². The zero-order chi connectivity index (χ0) is 26.3. The van der Waals surface area contributed by atoms with Crippen LogP contribution in [0.1, 0.15) is 50.0 Å². The van der Waals surface area contributed by atoms with E-state index in [1.54, 1.807) is 39.5 Å². The van der Waals surface area contributed by atoms with Gasteiger partial charge < -0.3 is 19.4 Å². The Kier molecular flexibility index (Phi) is 6.64. The lowest BCUT2D eigenvalue weighted by molar-refractivity contribution is 0.0670. The largest absolute Gasteiger partial charge is 0.493 e. The number of nitrogens with zero attached hydrogens (tertiary/aromatic N) is 5. The summed E-state index contributed by atoms with van der Waals surface area (Å²) in [4.78, 5) is 33.1. The standard InChI is InChI=1S/C27H29ClN6O3/c1-16-13-29-25-22(37-4)12-19(14-34(16)25)27(36)33-11-10-21(20(15-33)18-8-6-5-7-9-18)30-26(35)23-17(2)31-32(3)24(23)28/h5-9,12-14,20-21H,10-11,15H2,1-4H3,(H,30,35)/t20-,21-/m1/s1. The molecule has 1 aliphatic rings. The van der Waals surface area contributed by atoms with Crippen LogP contribution in [0.2, 0.25) is 5.15 Å². The minimum Gasteiger partial charge on any atom is -0.493 e. The lowest BCUT2D eigenvalue weighted by Gasteiger charge is -2.39. The van der Waals surface area contributed by atoms with Crippen LogP contribution in [-0.4, -0.2) is 62.1 Å². The summed E-state index contributed by atoms with van der Waals surface area (Å²) in [5.74, 6) is 0.0980. The zero-order valence-corrected chi connectivity index (χ0v) is 22.0. The van der Waals surface area contributed by atoms with Gasteiger partial charge >= 0.3 is 0 Å². The van der Waals surface area contributed by atoms with Crippen LogP contribution in [-0.2, 0) is 7.05 Å². The van der Waals surface area contributed by atoms with Crippen LogP contribution < -0.4 is 10.1 Å². The SMILES string of the molecule is COc1cc(C(=O)N2CC[C@@H](NC(=O)c3c(C)nn(C)c3Cl)[C@@H](c3ccccc3)C2)cn2c(C)cnc12. The topological polar surface area (TPSA) is 93.8 Å². The first-order valence-electron chi connectivity index (χ1n) is 12.1. The van der Waals surface area contributed by atoms with Gasteiger partial charge in [0.2, 0.25) is 0 Å². The molecule has 1 N–H and O–H groups in total. The van der Waals surface area contributed by atoms with Crippen LogP contribution >= 0.6 is 11.6 Å². The molecule has 0 unspecified atom stereocenters. The lowest BCUT2D eigenvalue weighted by Crippen LogP contribution is -2.51. The van der Waals surface area contributed by atoms with Crippen LogP contribution in [0.5, 0.6) is 5.75 Å². The van der Waals surface area contributed by atoms with Crippen molar-refractivity contribution in [2.24, 2.45) is 7.05 Å². The van der Waals surface area contributed by atoms with Gasteiger partial charge in [-0.15, -0.1) is 0 Å². The molecule has 0 bridgehead atoms. The molecule has 10 heteroatoms. The molecule has 3 aromatic heterocycles. The number of halogens is 1. The Hall–Kier alpha value is -3.85. The number of carbonyl (C=O) groups is 2. The summed E-state index contributed by atoms with van der Waals surface area (Å²) in [6, 6.07) is 11.5. The van der Waals surface area contributed by atoms with Crippen molar-refractivity contribution in [3.05, 3.63) is 82.0 Å². The van der Waals surface area contributed by atoms with E-state index in [2.05, 4.69) is 15.4 Å². The molecular weight excluding hydrogens is 492 g/mol. The summed E-state index contributed by atoms with van der Waals surface area (Å²) in [5, 5.41) is 7.74. The Morgan fingerprint density at radius 2 is 1.95 bits per heavy atom. The maximum Gasteiger partial charge on any atom is 0.256 e. The molecule has 4 aromatic rings. The maximum atomic E-state index is 13.7. The van der Waals surface area contributed by atoms with Crippen molar-refractivity contribution in [1.82, 2.24) is 29.4 Å². The number of likely N-dealkylation sites (tertiary alicyclic amines) is 1. The molecule has 0 saturated carbocycles. The van der Waals surface area contributed by atoms with Crippen LogP contribution in [0, 0.1) is 13.8 Å². The first-order chi connectivity index (χ1) is 17.8. The number of amides is 2. The monoisotopic (exact) mass is 520 g/mol. The van der Waals surface area contributed by atoms with E-state index in [0.29, 0.717) is 52.9 Å². The third-order valence-corrected chi connectivity index (χ3v) is 7.48. The van der Waals surface area contributed by atoms with Crippen molar-refractivity contribution in [2.75, 3.05) is 20.2 Å². The summed E-state index contributed by atoms with van der Waals surface area (Å²) in [6.45, 7) is 4.65. The second-order valence-electron chi connectivity index (χ2n) is 9.40. The van der Waals surface area contributed by atoms with Gasteiger partial charge in [-0.25, -0.2) is 4.98 Å². The van der Waals surface area contributed by atoms with E-state index in [1.165, 1.54) is 4.68 Å². The number of aromatic nitrogens is 4. The highest BCUT2D eigenvalue weighted by Crippen LogP contribution is 2.30. The van der Waals surface area contributed by atoms with E-state index in [0.717, 1.165) is 11.3 Å². The number of fused-ring (bicyclic) bond motifs is 1. The molecule has 1 aliphatic heterocycles. The van der Waals surface area contributed by atoms with Gasteiger partial charge in [-0.3, -0.25) is 14.3 Å². The van der Waals surface area contributed by atoms with Gasteiger partial charge in [0, 0.05) is 50.2 Å². The van der Waals surface area contributed by atoms with E-state index >= 15 is 0 Å². The fourth-order valence-electron chi connectivity index (χ4n) is 5.10. The van der Waals surface area contributed by atoms with E-state index in [4.69, 9.17) is 16.3 Å². The quantitative estimate of drug-likeness (QED) is 0.432. The number of pyridine rings is 1. The van der Waals surface area contributed by atoms with Crippen LogP contribution in [0.25, 0.3) is 5.65 Å². The number of aryl methyl sites for hydroxylation is 3. The van der Waals surface area contributed by atoms with Crippen molar-refractivity contribution >= 4 is 29.1 Å². The fraction of sp³-hybridized carbons (Fsp3) is 0.333. The van der Waals surface area contributed by atoms with Crippen LogP contribution in [0.15, 0.2) is 48.8 Å². The minimum absolute atomic E-state index is 0.0924. The average molecular weight is 521 g/mol. The average Bonchev–Trinajstić information content (AvgIpc) is 3.41. The minimum atomic E-state index is -0.257. The predicted molar refractivity (Wildman–Crippen MR) is 140 cm³/mol. The highest BCUT2D eigenvalue weighted by Gasteiger charge is 2.35. The van der Waals surface area contributed by atoms with Gasteiger partial charge in [-0.2, -0.15) is 5.10 Å². The van der Waals surface area contributed by atoms with Crippen molar-refractivity contribution in [1.29, 1.82) is 0 Å². The number of methoxy groups -OCH3 is 1. The van der Waals surface area contributed by atoms with Gasteiger partial charge in [0.1, 0.15) is 5.15 Å². The first kappa shape index (κ1) is 24.8. The van der Waals surface area contributed by atoms with Crippen molar-refractivity contribution in [3.8, 4) is 5.75 Å². The van der Waals surface area contributed by atoms with Gasteiger partial charge in [-0.1, -0.05) is 41.9 Å². The van der Waals surface area contributed by atoms with E-state index in [1.807, 2.05) is 46.6 Å². The second-order valence-corrected chi connectivity index (χ2v) is 9.76. The Morgan fingerprint density at radius 3 is 2.62 bits per heavy atom. The molecule has 192 valence electrons. The van der Waals surface area contributed by atoms with E-state index in [9.17, 15) is 9.59 Å². The Labute approximate surface area is 220 Å². The summed E-state index contributed by atoms with van der Waals surface area (Å²) in [7, 11) is 3.28. The number of rotatable bonds is 5. The molecule has 1 aromatic carbocycles. The van der Waals surface area contributed by atoms with Crippen LogP contribution in [0.3, 0.4) is 0 Å². The normalized spacial score (nSPS) is 17.7. The second kappa shape index (κ2) is 9.89. The van der Waals surface area contributed by atoms with Crippen LogP contribution in [0.4, 0.5) is 0 Å². The Balaban J connectivity index is 1.43. The molecule has 2 amide bonds. The number of ether oxygens (including phenoxy) is 1. The molecule has 1 saturated heterocycles. The third-order valence-electron chi connectivity index (χ3n) is 7.05. The first-order valence-corrected chi connectivity index (χ1v) is 12.5. The Bertz CT molecular complexity index is 1480. The molecule has 0 aliphatic carbocycles. The van der Waals surface area contributed by atoms with E-state index in [-0.39, 0.29) is 23.8 Å². The van der Waals surface area contributed by atoms with Gasteiger partial charge in [0.25, 0.3) is 11.8 Å². The summed E-state index contributed by atoms with van der Waals surface area (Å²) < 4.78 is 8.88. The molecule has 4 heterocycles. The van der Waals surface area contributed by atoms with Crippen molar-refractivity contribution < 1.29 is 14.3 Å². The molecule has 0 spiro atoms. The van der Waals surface area contributed by atoms with Gasteiger partial charge in [0.15, 0.2) is 11.4 Å². The Morgan fingerprint density at radius 1 is 1.19 bits per heavy atom. The zero-order valence-electron chi connectivity index (χ0n) is 21.2. The molecule has 9 nitrogen and oxygen atoms in total. The summed E-state index contributed by atoms with van der Waals surface area (Å²) in [6.07, 6.45) is 4.15. The number of hydrogen-bond acceptors (Lipinski definition) is 5. The molecule has 1 fully saturated rings. The molecule has 37 heavy (non-hydrogen) atoms. The smallest absolute Gasteiger partial charge is 0.256 e. The maximum absolute atomic E-state index is 13.7. The number of nitrogens with one attached hydrogen (secondary N) is 1. The van der Waals surface area contributed by atoms with E-state index < -0.39 is 0 Å². The number of hydrogen-bond donors (Lipinski definition) is 1. The highest BCUT2D eigenvalue weighted by atomic mass is 35.5. The predicted octanol–water partition coefficient (Wildman–Crippen LogP) is 3.77. The fourth-order valence-corrected chi connectivity index (χ4v) is 5.36. The third kappa shape index (κ3) is 4.55. The number of benzene rings is 1. The molecule has 5 rings (SSSR count). The number of piperidine rings is 1. The summed E-state index contributed by atoms with van der Waals surface area (Å²) in [5.41, 5.74) is 4.12. The molecular formula is C27H29ClN6O3. The number of imidazole rings is 1. The van der Waals surface area contributed by atoms with Gasteiger partial charge in [-0.05, 0) is 31.9 Å². The number of carbonyl (C=O) groups excluding carboxylic acids is 2. The highest BCUT2D eigenvalue weighted by molar-refractivity contribution is 6.33. The summed E-state index contributed by atoms with van der Waals surface area (Å²) >= 11 is 6.35. The lowest BCUT2D eigenvalue weighted by atomic mass is 9.85. The van der Waals surface area contributed by atoms with Gasteiger partial charge in [0.05, 0.1) is 23.9 Å². The molecule has 0 radical (unpaired) electrons. The van der Waals surface area contributed by atoms with Crippen molar-refractivity contribution in [2.45, 2.75) is 32.2 Å². The molecule has 2 atom stereocenters.